The van der Waals surface area contributed by atoms with Crippen LogP contribution in [0.25, 0.3) is 0 Å². The van der Waals surface area contributed by atoms with Crippen LogP contribution >= 0.6 is 15.9 Å². The Balaban J connectivity index is 2.31. The summed E-state index contributed by atoms with van der Waals surface area (Å²) < 4.78 is 0.694. The summed E-state index contributed by atoms with van der Waals surface area (Å²) in [6, 6.07) is 11.1. The second kappa shape index (κ2) is 4.73. The van der Waals surface area contributed by atoms with Crippen LogP contribution in [0.5, 0.6) is 0 Å². The molecule has 1 heterocycles. The van der Waals surface area contributed by atoms with Crippen LogP contribution in [0.15, 0.2) is 41.3 Å². The molecule has 0 saturated carbocycles. The molecule has 0 aliphatic rings. The maximum Gasteiger partial charge on any atom is 0.134 e. The Hall–Kier alpha value is -1.93. The van der Waals surface area contributed by atoms with Gasteiger partial charge in [0.2, 0.25) is 0 Å². The third kappa shape index (κ3) is 2.35. The third-order valence-electron chi connectivity index (χ3n) is 1.94. The molecule has 0 saturated heterocycles. The fraction of sp³-hybridized carbons (Fsp3) is 0. The summed E-state index contributed by atoms with van der Waals surface area (Å²) in [6.45, 7) is 0. The largest absolute Gasteiger partial charge is 0.339 e. The van der Waals surface area contributed by atoms with E-state index in [4.69, 9.17) is 5.26 Å². The molecule has 0 aliphatic carbocycles. The number of hydrogen-bond acceptors (Lipinski definition) is 4. The highest BCUT2D eigenvalue weighted by atomic mass is 79.9. The van der Waals surface area contributed by atoms with Crippen molar-refractivity contribution in [3.8, 4) is 6.07 Å². The zero-order valence-corrected chi connectivity index (χ0v) is 9.77. The van der Waals surface area contributed by atoms with Gasteiger partial charge < -0.3 is 5.32 Å². The lowest BCUT2D eigenvalue weighted by Crippen LogP contribution is -1.96. The van der Waals surface area contributed by atoms with E-state index in [1.54, 1.807) is 12.1 Å². The smallest absolute Gasteiger partial charge is 0.134 e. The SMILES string of the molecule is N#Cc1ccccc1Nc1cc(Br)ncn1. The van der Waals surface area contributed by atoms with Gasteiger partial charge in [-0.15, -0.1) is 0 Å². The lowest BCUT2D eigenvalue weighted by Gasteiger charge is -2.06. The molecule has 2 aromatic rings. The fourth-order valence-electron chi connectivity index (χ4n) is 1.23. The van der Waals surface area contributed by atoms with Crippen LogP contribution in [0.2, 0.25) is 0 Å². The molecule has 1 aromatic carbocycles. The van der Waals surface area contributed by atoms with Crippen LogP contribution < -0.4 is 5.32 Å². The molecule has 0 aliphatic heterocycles. The van der Waals surface area contributed by atoms with Gasteiger partial charge in [-0.25, -0.2) is 9.97 Å². The van der Waals surface area contributed by atoms with Crippen molar-refractivity contribution in [2.45, 2.75) is 0 Å². The molecule has 0 unspecified atom stereocenters. The summed E-state index contributed by atoms with van der Waals surface area (Å²) in [5, 5.41) is 12.0. The average molecular weight is 275 g/mol. The molecule has 78 valence electrons. The van der Waals surface area contributed by atoms with E-state index in [1.807, 2.05) is 18.2 Å². The molecule has 5 heteroatoms. The molecule has 0 radical (unpaired) electrons. The van der Waals surface area contributed by atoms with Crippen LogP contribution in [0.4, 0.5) is 11.5 Å². The van der Waals surface area contributed by atoms with Gasteiger partial charge in [0.15, 0.2) is 0 Å². The predicted octanol–water partition coefficient (Wildman–Crippen LogP) is 2.85. The van der Waals surface area contributed by atoms with Crippen molar-refractivity contribution in [1.82, 2.24) is 9.97 Å². The van der Waals surface area contributed by atoms with Crippen molar-refractivity contribution in [2.24, 2.45) is 0 Å². The molecule has 0 fully saturated rings. The van der Waals surface area contributed by atoms with Crippen LogP contribution in [0.3, 0.4) is 0 Å². The second-order valence-electron chi connectivity index (χ2n) is 3.01. The zero-order valence-electron chi connectivity index (χ0n) is 8.18. The minimum Gasteiger partial charge on any atom is -0.339 e. The topological polar surface area (TPSA) is 61.6 Å². The zero-order chi connectivity index (χ0) is 11.4. The third-order valence-corrected chi connectivity index (χ3v) is 2.38. The summed E-state index contributed by atoms with van der Waals surface area (Å²) in [5.74, 6) is 0.643. The summed E-state index contributed by atoms with van der Waals surface area (Å²) in [6.07, 6.45) is 1.45. The van der Waals surface area contributed by atoms with Gasteiger partial charge >= 0.3 is 0 Å². The van der Waals surface area contributed by atoms with Gasteiger partial charge in [0.05, 0.1) is 11.3 Å². The van der Waals surface area contributed by atoms with E-state index < -0.39 is 0 Å². The van der Waals surface area contributed by atoms with Crippen LogP contribution in [-0.4, -0.2) is 9.97 Å². The second-order valence-corrected chi connectivity index (χ2v) is 3.82. The van der Waals surface area contributed by atoms with Gasteiger partial charge in [-0.05, 0) is 28.1 Å². The molecule has 0 spiro atoms. The number of nitrogens with one attached hydrogen (secondary N) is 1. The number of para-hydroxylation sites is 1. The Bertz CT molecular complexity index is 548. The Kier molecular flexibility index (Phi) is 3.13. The van der Waals surface area contributed by atoms with Gasteiger partial charge in [-0.2, -0.15) is 5.26 Å². The number of aromatic nitrogens is 2. The molecule has 2 rings (SSSR count). The first-order valence-corrected chi connectivity index (χ1v) is 5.32. The highest BCUT2D eigenvalue weighted by Crippen LogP contribution is 2.19. The molecular formula is C11H7BrN4. The summed E-state index contributed by atoms with van der Waals surface area (Å²) in [7, 11) is 0. The van der Waals surface area contributed by atoms with Gasteiger partial charge in [-0.3, -0.25) is 0 Å². The normalized spacial score (nSPS) is 9.50. The fourth-order valence-corrected chi connectivity index (χ4v) is 1.54. The number of benzene rings is 1. The van der Waals surface area contributed by atoms with Gasteiger partial charge in [0, 0.05) is 6.07 Å². The number of hydrogen-bond donors (Lipinski definition) is 1. The van der Waals surface area contributed by atoms with E-state index >= 15 is 0 Å². The number of nitriles is 1. The lowest BCUT2D eigenvalue weighted by molar-refractivity contribution is 1.14. The van der Waals surface area contributed by atoms with Crippen molar-refractivity contribution >= 4 is 27.4 Å². The van der Waals surface area contributed by atoms with Crippen molar-refractivity contribution in [2.75, 3.05) is 5.32 Å². The summed E-state index contributed by atoms with van der Waals surface area (Å²) in [4.78, 5) is 7.97. The predicted molar refractivity (Wildman–Crippen MR) is 64.2 cm³/mol. The Morgan fingerprint density at radius 1 is 1.25 bits per heavy atom. The van der Waals surface area contributed by atoms with E-state index in [0.29, 0.717) is 16.0 Å². The quantitative estimate of drug-likeness (QED) is 0.856. The molecule has 0 amide bonds. The minimum atomic E-state index is 0.581. The Labute approximate surface area is 101 Å². The standard InChI is InChI=1S/C11H7BrN4/c12-10-5-11(15-7-14-10)16-9-4-2-1-3-8(9)6-13/h1-5,7H,(H,14,15,16). The first kappa shape index (κ1) is 10.6. The number of anilines is 2. The van der Waals surface area contributed by atoms with Gasteiger partial charge in [0.1, 0.15) is 22.8 Å². The van der Waals surface area contributed by atoms with Crippen LogP contribution in [-0.2, 0) is 0 Å². The van der Waals surface area contributed by atoms with E-state index in [1.165, 1.54) is 6.33 Å². The van der Waals surface area contributed by atoms with Crippen LogP contribution in [0, 0.1) is 11.3 Å². The van der Waals surface area contributed by atoms with Crippen molar-refractivity contribution in [3.05, 3.63) is 46.8 Å². The van der Waals surface area contributed by atoms with Gasteiger partial charge in [0.25, 0.3) is 0 Å². The summed E-state index contributed by atoms with van der Waals surface area (Å²) >= 11 is 3.25. The highest BCUT2D eigenvalue weighted by molar-refractivity contribution is 9.10. The lowest BCUT2D eigenvalue weighted by atomic mass is 10.2. The molecule has 1 aromatic heterocycles. The van der Waals surface area contributed by atoms with Crippen LogP contribution in [0.1, 0.15) is 5.56 Å². The number of halogens is 1. The molecule has 0 atom stereocenters. The average Bonchev–Trinajstić information content (AvgIpc) is 2.30. The molecular weight excluding hydrogens is 268 g/mol. The van der Waals surface area contributed by atoms with Crippen molar-refractivity contribution < 1.29 is 0 Å². The maximum atomic E-state index is 8.92. The maximum absolute atomic E-state index is 8.92. The first-order chi connectivity index (χ1) is 7.79. The number of rotatable bonds is 2. The van der Waals surface area contributed by atoms with Crippen molar-refractivity contribution in [1.29, 1.82) is 5.26 Å². The first-order valence-electron chi connectivity index (χ1n) is 4.53. The minimum absolute atomic E-state index is 0.581. The van der Waals surface area contributed by atoms with E-state index in [2.05, 4.69) is 37.3 Å². The van der Waals surface area contributed by atoms with Crippen molar-refractivity contribution in [3.63, 3.8) is 0 Å². The molecule has 4 nitrogen and oxygen atoms in total. The Morgan fingerprint density at radius 2 is 2.06 bits per heavy atom. The molecule has 16 heavy (non-hydrogen) atoms. The Morgan fingerprint density at radius 3 is 2.81 bits per heavy atom. The van der Waals surface area contributed by atoms with E-state index in [0.717, 1.165) is 5.69 Å². The van der Waals surface area contributed by atoms with E-state index in [-0.39, 0.29) is 0 Å². The molecule has 0 bridgehead atoms. The molecule has 1 N–H and O–H groups in total. The van der Waals surface area contributed by atoms with Gasteiger partial charge in [-0.1, -0.05) is 12.1 Å². The van der Waals surface area contributed by atoms with E-state index in [9.17, 15) is 0 Å². The monoisotopic (exact) mass is 274 g/mol. The highest BCUT2D eigenvalue weighted by Gasteiger charge is 2.02. The summed E-state index contributed by atoms with van der Waals surface area (Å²) in [5.41, 5.74) is 1.31. The number of nitrogens with zero attached hydrogens (tertiary/aromatic N) is 3.